The van der Waals surface area contributed by atoms with Crippen molar-refractivity contribution >= 4 is 11.1 Å². The summed E-state index contributed by atoms with van der Waals surface area (Å²) in [6.45, 7) is 8.97. The Morgan fingerprint density at radius 2 is 1.27 bits per heavy atom. The second kappa shape index (κ2) is 10.5. The smallest absolute Gasteiger partial charge is 0.231 e. The van der Waals surface area contributed by atoms with Crippen molar-refractivity contribution in [3.05, 3.63) is 114 Å². The molecule has 0 aliphatic carbocycles. The molecule has 0 spiro atoms. The van der Waals surface area contributed by atoms with Gasteiger partial charge in [0, 0.05) is 17.3 Å². The highest BCUT2D eigenvalue weighted by molar-refractivity contribution is 5.94. The molecule has 2 aromatic heterocycles. The Morgan fingerprint density at radius 1 is 0.625 bits per heavy atom. The molecular weight excluding hydrogens is 492 g/mol. The van der Waals surface area contributed by atoms with Gasteiger partial charge in [0.15, 0.2) is 5.58 Å². The number of hydrogen-bond acceptors (Lipinski definition) is 4. The summed E-state index contributed by atoms with van der Waals surface area (Å²) in [4.78, 5) is 9.52. The fraction of sp³-hybridized carbons (Fsp3) is 0.167. The van der Waals surface area contributed by atoms with Crippen LogP contribution in [0.1, 0.15) is 50.7 Å². The number of hydrogen-bond donors (Lipinski definition) is 1. The number of aromatic hydroxyl groups is 1. The van der Waals surface area contributed by atoms with Gasteiger partial charge in [-0.15, -0.1) is 0 Å². The lowest BCUT2D eigenvalue weighted by molar-refractivity contribution is 0.474. The number of fused-ring (bicyclic) bond motifs is 1. The topological polar surface area (TPSA) is 59.2 Å². The molecule has 198 valence electrons. The fourth-order valence-corrected chi connectivity index (χ4v) is 5.09. The summed E-state index contributed by atoms with van der Waals surface area (Å²) in [5, 5.41) is 10.4. The predicted molar refractivity (Wildman–Crippen MR) is 163 cm³/mol. The second-order valence-corrected chi connectivity index (χ2v) is 10.9. The number of phenols is 1. The van der Waals surface area contributed by atoms with Gasteiger partial charge in [0.2, 0.25) is 5.89 Å². The van der Waals surface area contributed by atoms with E-state index in [0.29, 0.717) is 28.9 Å². The normalized spacial score (nSPS) is 11.6. The quantitative estimate of drug-likeness (QED) is 0.235. The van der Waals surface area contributed by atoms with E-state index >= 15 is 0 Å². The van der Waals surface area contributed by atoms with Crippen molar-refractivity contribution in [1.82, 2.24) is 9.97 Å². The molecule has 0 aliphatic rings. The third-order valence-corrected chi connectivity index (χ3v) is 7.40. The van der Waals surface area contributed by atoms with Crippen LogP contribution in [0.5, 0.6) is 5.75 Å². The molecule has 0 saturated heterocycles. The van der Waals surface area contributed by atoms with Crippen LogP contribution in [0.15, 0.2) is 108 Å². The van der Waals surface area contributed by atoms with Gasteiger partial charge in [-0.2, -0.15) is 0 Å². The molecule has 1 N–H and O–H groups in total. The Kier molecular flexibility index (Phi) is 6.69. The summed E-state index contributed by atoms with van der Waals surface area (Å²) in [5.74, 6) is 1.38. The molecule has 4 aromatic carbocycles. The molecule has 0 aliphatic heterocycles. The number of para-hydroxylation sites is 2. The molecule has 6 aromatic rings. The number of pyridine rings is 1. The number of aromatic nitrogens is 2. The van der Waals surface area contributed by atoms with Crippen LogP contribution in [0.2, 0.25) is 0 Å². The molecule has 0 atom stereocenters. The van der Waals surface area contributed by atoms with Gasteiger partial charge in [-0.1, -0.05) is 76.2 Å². The lowest BCUT2D eigenvalue weighted by Crippen LogP contribution is -1.96. The maximum Gasteiger partial charge on any atom is 0.231 e. The van der Waals surface area contributed by atoms with E-state index in [1.54, 1.807) is 12.1 Å². The van der Waals surface area contributed by atoms with Crippen LogP contribution < -0.4 is 0 Å². The molecule has 2 heterocycles. The minimum Gasteiger partial charge on any atom is -0.507 e. The molecule has 0 amide bonds. The minimum atomic E-state index is 0.140. The Hall–Kier alpha value is -4.70. The summed E-state index contributed by atoms with van der Waals surface area (Å²) in [7, 11) is 0. The average Bonchev–Trinajstić information content (AvgIpc) is 3.41. The van der Waals surface area contributed by atoms with Gasteiger partial charge in [-0.05, 0) is 88.2 Å². The van der Waals surface area contributed by atoms with Crippen molar-refractivity contribution in [3.63, 3.8) is 0 Å². The fourth-order valence-electron chi connectivity index (χ4n) is 5.09. The van der Waals surface area contributed by atoms with Gasteiger partial charge >= 0.3 is 0 Å². The van der Waals surface area contributed by atoms with E-state index in [2.05, 4.69) is 75.1 Å². The van der Waals surface area contributed by atoms with E-state index in [0.717, 1.165) is 33.5 Å². The molecule has 0 fully saturated rings. The highest BCUT2D eigenvalue weighted by Crippen LogP contribution is 2.39. The maximum atomic E-state index is 10.4. The van der Waals surface area contributed by atoms with Crippen LogP contribution >= 0.6 is 0 Å². The van der Waals surface area contributed by atoms with Crippen LogP contribution in [0.25, 0.3) is 56.1 Å². The van der Waals surface area contributed by atoms with Crippen molar-refractivity contribution < 1.29 is 9.52 Å². The Bertz CT molecular complexity index is 1790. The maximum absolute atomic E-state index is 10.4. The molecule has 6 rings (SSSR count). The lowest BCUT2D eigenvalue weighted by Gasteiger charge is -2.16. The van der Waals surface area contributed by atoms with Gasteiger partial charge in [0.25, 0.3) is 0 Å². The summed E-state index contributed by atoms with van der Waals surface area (Å²) in [6.07, 6.45) is 1.83. The number of nitrogens with zero attached hydrogens (tertiary/aromatic N) is 2. The van der Waals surface area contributed by atoms with Gasteiger partial charge < -0.3 is 9.52 Å². The zero-order valence-corrected chi connectivity index (χ0v) is 23.2. The summed E-state index contributed by atoms with van der Waals surface area (Å²) in [6, 6.07) is 32.7. The minimum absolute atomic E-state index is 0.140. The van der Waals surface area contributed by atoms with Crippen molar-refractivity contribution in [2.24, 2.45) is 0 Å². The van der Waals surface area contributed by atoms with E-state index in [1.165, 1.54) is 16.7 Å². The SMILES string of the molecule is CC(C)c1cc(-c2cc(-c3ccccn3)cc(-c3cccc4oc(-c5ccccc5O)nc34)c2)cc(C(C)C)c1. The first-order chi connectivity index (χ1) is 19.4. The molecule has 0 unspecified atom stereocenters. The van der Waals surface area contributed by atoms with Gasteiger partial charge in [-0.3, -0.25) is 4.98 Å². The standard InChI is InChI=1S/C36H32N2O2/c1-22(2)24-16-25(23(3)4)18-26(17-24)27-19-28(21-29(20-27)32-12-7-8-15-37-32)30-11-9-14-34-35(30)38-36(40-34)31-10-5-6-13-33(31)39/h5-23,39H,1-4H3. The average molecular weight is 525 g/mol. The van der Waals surface area contributed by atoms with E-state index in [4.69, 9.17) is 9.40 Å². The Balaban J connectivity index is 1.58. The first kappa shape index (κ1) is 25.6. The molecule has 0 saturated carbocycles. The zero-order chi connectivity index (χ0) is 27.8. The number of oxazole rings is 1. The number of benzene rings is 4. The largest absolute Gasteiger partial charge is 0.507 e. The molecule has 0 bridgehead atoms. The van der Waals surface area contributed by atoms with Crippen LogP contribution in [0, 0.1) is 0 Å². The highest BCUT2D eigenvalue weighted by atomic mass is 16.3. The van der Waals surface area contributed by atoms with Crippen molar-refractivity contribution in [1.29, 1.82) is 0 Å². The number of phenolic OH excluding ortho intramolecular Hbond substituents is 1. The summed E-state index contributed by atoms with van der Waals surface area (Å²) >= 11 is 0. The lowest BCUT2D eigenvalue weighted by atomic mass is 9.89. The Morgan fingerprint density at radius 3 is 1.98 bits per heavy atom. The third kappa shape index (κ3) is 4.89. The molecular formula is C36H32N2O2. The van der Waals surface area contributed by atoms with Crippen LogP contribution in [0.3, 0.4) is 0 Å². The first-order valence-corrected chi connectivity index (χ1v) is 13.8. The van der Waals surface area contributed by atoms with Crippen molar-refractivity contribution in [2.45, 2.75) is 39.5 Å². The van der Waals surface area contributed by atoms with Crippen LogP contribution in [-0.2, 0) is 0 Å². The monoisotopic (exact) mass is 524 g/mol. The van der Waals surface area contributed by atoms with Crippen LogP contribution in [0.4, 0.5) is 0 Å². The van der Waals surface area contributed by atoms with E-state index in [9.17, 15) is 5.11 Å². The van der Waals surface area contributed by atoms with Crippen molar-refractivity contribution in [2.75, 3.05) is 0 Å². The van der Waals surface area contributed by atoms with Crippen LogP contribution in [-0.4, -0.2) is 15.1 Å². The second-order valence-electron chi connectivity index (χ2n) is 10.9. The predicted octanol–water partition coefficient (Wildman–Crippen LogP) is 9.84. The number of rotatable bonds is 6. The molecule has 4 nitrogen and oxygen atoms in total. The molecule has 0 radical (unpaired) electrons. The van der Waals surface area contributed by atoms with Gasteiger partial charge in [0.1, 0.15) is 11.3 Å². The third-order valence-electron chi connectivity index (χ3n) is 7.40. The Labute approximate surface area is 235 Å². The molecule has 40 heavy (non-hydrogen) atoms. The van der Waals surface area contributed by atoms with E-state index in [-0.39, 0.29) is 5.75 Å². The van der Waals surface area contributed by atoms with E-state index in [1.807, 2.05) is 48.7 Å². The first-order valence-electron chi connectivity index (χ1n) is 13.8. The summed E-state index contributed by atoms with van der Waals surface area (Å²) < 4.78 is 6.13. The van der Waals surface area contributed by atoms with Gasteiger partial charge in [0.05, 0.1) is 11.3 Å². The van der Waals surface area contributed by atoms with Gasteiger partial charge in [-0.25, -0.2) is 4.98 Å². The summed E-state index contributed by atoms with van der Waals surface area (Å²) in [5.41, 5.74) is 10.9. The van der Waals surface area contributed by atoms with Crippen molar-refractivity contribution in [3.8, 4) is 50.7 Å². The molecule has 4 heteroatoms. The highest BCUT2D eigenvalue weighted by Gasteiger charge is 2.17. The zero-order valence-electron chi connectivity index (χ0n) is 23.2. The van der Waals surface area contributed by atoms with E-state index < -0.39 is 0 Å².